The monoisotopic (exact) mass is 318 g/mol. The first kappa shape index (κ1) is 15.8. The molecule has 2 aliphatic heterocycles. The van der Waals surface area contributed by atoms with E-state index in [1.54, 1.807) is 12.0 Å². The quantitative estimate of drug-likeness (QED) is 0.834. The first-order valence-electron chi connectivity index (χ1n) is 7.96. The van der Waals surface area contributed by atoms with Gasteiger partial charge in [0.1, 0.15) is 11.9 Å². The van der Waals surface area contributed by atoms with Crippen molar-refractivity contribution in [2.75, 3.05) is 33.4 Å². The zero-order valence-electron chi connectivity index (χ0n) is 13.3. The van der Waals surface area contributed by atoms with Crippen LogP contribution in [-0.2, 0) is 20.7 Å². The number of hydrogen-bond acceptors (Lipinski definition) is 4. The van der Waals surface area contributed by atoms with Gasteiger partial charge in [0, 0.05) is 33.0 Å². The number of ether oxygens (including phenoxy) is 2. The Morgan fingerprint density at radius 3 is 3.00 bits per heavy atom. The van der Waals surface area contributed by atoms with Gasteiger partial charge >= 0.3 is 0 Å². The average Bonchev–Trinajstić information content (AvgIpc) is 3.13. The van der Waals surface area contributed by atoms with Crippen LogP contribution in [0.25, 0.3) is 0 Å². The molecule has 0 spiro atoms. The molecule has 1 saturated heterocycles. The zero-order chi connectivity index (χ0) is 16.2. The Kier molecular flexibility index (Phi) is 4.81. The molecule has 124 valence electrons. The number of nitrogens with one attached hydrogen (secondary N) is 1. The van der Waals surface area contributed by atoms with Gasteiger partial charge in [-0.2, -0.15) is 0 Å². The van der Waals surface area contributed by atoms with Gasteiger partial charge in [0.2, 0.25) is 11.8 Å². The number of fused-ring (bicyclic) bond motifs is 1. The lowest BCUT2D eigenvalue weighted by atomic mass is 10.1. The van der Waals surface area contributed by atoms with E-state index < -0.39 is 0 Å². The Bertz CT molecular complexity index is 565. The third-order valence-corrected chi connectivity index (χ3v) is 4.37. The van der Waals surface area contributed by atoms with Crippen LogP contribution < -0.4 is 10.1 Å². The van der Waals surface area contributed by atoms with Crippen molar-refractivity contribution >= 4 is 11.8 Å². The van der Waals surface area contributed by atoms with Gasteiger partial charge < -0.3 is 19.7 Å². The Hall–Kier alpha value is -2.08. The van der Waals surface area contributed by atoms with E-state index in [2.05, 4.69) is 5.32 Å². The summed E-state index contributed by atoms with van der Waals surface area (Å²) in [5, 5.41) is 2.92. The van der Waals surface area contributed by atoms with Crippen LogP contribution in [0.4, 0.5) is 0 Å². The van der Waals surface area contributed by atoms with Crippen LogP contribution in [0.2, 0.25) is 0 Å². The van der Waals surface area contributed by atoms with Crippen LogP contribution in [0.1, 0.15) is 12.0 Å². The minimum Gasteiger partial charge on any atom is -0.488 e. The van der Waals surface area contributed by atoms with Crippen LogP contribution in [0.5, 0.6) is 5.75 Å². The summed E-state index contributed by atoms with van der Waals surface area (Å²) in [6, 6.07) is 7.92. The van der Waals surface area contributed by atoms with Crippen LogP contribution in [0, 0.1) is 5.92 Å². The fraction of sp³-hybridized carbons (Fsp3) is 0.529. The molecular formula is C17H22N2O4. The number of carbonyl (C=O) groups is 2. The molecule has 2 aliphatic rings. The van der Waals surface area contributed by atoms with Crippen molar-refractivity contribution < 1.29 is 19.1 Å². The fourth-order valence-corrected chi connectivity index (χ4v) is 3.09. The standard InChI is InChI=1S/C17H22N2O4/c1-22-7-6-19-11-13(9-16(19)20)17(21)18-10-14-8-12-4-2-3-5-15(12)23-14/h2-5,13-14H,6-11H2,1H3,(H,18,21)/t13-,14-/m1/s1. The van der Waals surface area contributed by atoms with Crippen molar-refractivity contribution in [3.63, 3.8) is 0 Å². The van der Waals surface area contributed by atoms with Crippen molar-refractivity contribution in [1.82, 2.24) is 10.2 Å². The highest BCUT2D eigenvalue weighted by Gasteiger charge is 2.34. The highest BCUT2D eigenvalue weighted by molar-refractivity contribution is 5.89. The van der Waals surface area contributed by atoms with Crippen molar-refractivity contribution in [2.45, 2.75) is 18.9 Å². The summed E-state index contributed by atoms with van der Waals surface area (Å²) in [5.74, 6) is 0.571. The van der Waals surface area contributed by atoms with Crippen LogP contribution in [-0.4, -0.2) is 56.2 Å². The molecule has 2 heterocycles. The number of carbonyl (C=O) groups excluding carboxylic acids is 2. The van der Waals surface area contributed by atoms with E-state index in [-0.39, 0.29) is 30.3 Å². The molecule has 1 N–H and O–H groups in total. The zero-order valence-corrected chi connectivity index (χ0v) is 13.3. The van der Waals surface area contributed by atoms with Gasteiger partial charge in [-0.25, -0.2) is 0 Å². The predicted molar refractivity (Wildman–Crippen MR) is 84.1 cm³/mol. The highest BCUT2D eigenvalue weighted by atomic mass is 16.5. The summed E-state index contributed by atoms with van der Waals surface area (Å²) in [7, 11) is 1.60. The Morgan fingerprint density at radius 1 is 1.39 bits per heavy atom. The molecule has 23 heavy (non-hydrogen) atoms. The summed E-state index contributed by atoms with van der Waals surface area (Å²) < 4.78 is 10.8. The van der Waals surface area contributed by atoms with Gasteiger partial charge in [-0.05, 0) is 11.6 Å². The smallest absolute Gasteiger partial charge is 0.225 e. The first-order valence-corrected chi connectivity index (χ1v) is 7.96. The summed E-state index contributed by atoms with van der Waals surface area (Å²) >= 11 is 0. The van der Waals surface area contributed by atoms with E-state index in [9.17, 15) is 9.59 Å². The maximum atomic E-state index is 12.3. The molecule has 6 nitrogen and oxygen atoms in total. The van der Waals surface area contributed by atoms with Crippen molar-refractivity contribution in [3.05, 3.63) is 29.8 Å². The van der Waals surface area contributed by atoms with E-state index in [0.717, 1.165) is 12.2 Å². The maximum absolute atomic E-state index is 12.3. The summed E-state index contributed by atoms with van der Waals surface area (Å²) in [4.78, 5) is 25.8. The number of amides is 2. The van der Waals surface area contributed by atoms with E-state index in [0.29, 0.717) is 26.2 Å². The van der Waals surface area contributed by atoms with Crippen LogP contribution in [0.3, 0.4) is 0 Å². The predicted octanol–water partition coefficient (Wildman–Crippen LogP) is 0.601. The van der Waals surface area contributed by atoms with Gasteiger partial charge in [-0.15, -0.1) is 0 Å². The fourth-order valence-electron chi connectivity index (χ4n) is 3.09. The molecule has 2 atom stereocenters. The molecule has 2 amide bonds. The number of likely N-dealkylation sites (tertiary alicyclic amines) is 1. The molecule has 1 fully saturated rings. The molecule has 0 radical (unpaired) electrons. The number of benzene rings is 1. The van der Waals surface area contributed by atoms with Crippen molar-refractivity contribution in [3.8, 4) is 5.75 Å². The molecule has 0 bridgehead atoms. The van der Waals surface area contributed by atoms with Crippen molar-refractivity contribution in [2.24, 2.45) is 5.92 Å². The number of hydrogen-bond donors (Lipinski definition) is 1. The second-order valence-corrected chi connectivity index (χ2v) is 6.03. The van der Waals surface area contributed by atoms with E-state index >= 15 is 0 Å². The lowest BCUT2D eigenvalue weighted by molar-refractivity contribution is -0.129. The third-order valence-electron chi connectivity index (χ3n) is 4.37. The van der Waals surface area contributed by atoms with Gasteiger partial charge in [-0.1, -0.05) is 18.2 Å². The summed E-state index contributed by atoms with van der Waals surface area (Å²) in [5.41, 5.74) is 1.17. The molecule has 0 unspecified atom stereocenters. The Labute approximate surface area is 135 Å². The van der Waals surface area contributed by atoms with Gasteiger partial charge in [-0.3, -0.25) is 9.59 Å². The van der Waals surface area contributed by atoms with Crippen LogP contribution >= 0.6 is 0 Å². The Balaban J connectivity index is 1.45. The lowest BCUT2D eigenvalue weighted by Crippen LogP contribution is -2.39. The topological polar surface area (TPSA) is 67.9 Å². The second kappa shape index (κ2) is 7.00. The molecule has 0 aromatic heterocycles. The lowest BCUT2D eigenvalue weighted by Gasteiger charge is -2.16. The second-order valence-electron chi connectivity index (χ2n) is 6.03. The number of para-hydroxylation sites is 1. The van der Waals surface area contributed by atoms with E-state index in [1.807, 2.05) is 24.3 Å². The average molecular weight is 318 g/mol. The first-order chi connectivity index (χ1) is 11.2. The summed E-state index contributed by atoms with van der Waals surface area (Å²) in [6.07, 6.45) is 1.06. The molecule has 0 aliphatic carbocycles. The van der Waals surface area contributed by atoms with Gasteiger partial charge in [0.05, 0.1) is 19.1 Å². The van der Waals surface area contributed by atoms with Gasteiger partial charge in [0.15, 0.2) is 0 Å². The van der Waals surface area contributed by atoms with Crippen molar-refractivity contribution in [1.29, 1.82) is 0 Å². The summed E-state index contributed by atoms with van der Waals surface area (Å²) in [6.45, 7) is 1.98. The molecule has 1 aromatic rings. The third kappa shape index (κ3) is 3.64. The maximum Gasteiger partial charge on any atom is 0.225 e. The molecule has 0 saturated carbocycles. The normalized spacial score (nSPS) is 22.8. The molecule has 6 heteroatoms. The number of methoxy groups -OCH3 is 1. The van der Waals surface area contributed by atoms with E-state index in [1.165, 1.54) is 5.56 Å². The van der Waals surface area contributed by atoms with Gasteiger partial charge in [0.25, 0.3) is 0 Å². The van der Waals surface area contributed by atoms with E-state index in [4.69, 9.17) is 9.47 Å². The largest absolute Gasteiger partial charge is 0.488 e. The Morgan fingerprint density at radius 2 is 2.22 bits per heavy atom. The van der Waals surface area contributed by atoms with Crippen LogP contribution in [0.15, 0.2) is 24.3 Å². The highest BCUT2D eigenvalue weighted by Crippen LogP contribution is 2.27. The molecule has 1 aromatic carbocycles. The number of rotatable bonds is 6. The minimum atomic E-state index is -0.275. The minimum absolute atomic E-state index is 0.0201. The molecule has 3 rings (SSSR count). The number of nitrogens with zero attached hydrogens (tertiary/aromatic N) is 1. The SMILES string of the molecule is COCCN1C[C@H](C(=O)NC[C@H]2Cc3ccccc3O2)CC1=O. The molecular weight excluding hydrogens is 296 g/mol.